The molecule has 8 nitrogen and oxygen atoms in total. The van der Waals surface area contributed by atoms with Gasteiger partial charge in [-0.25, -0.2) is 0 Å². The first-order valence-corrected chi connectivity index (χ1v) is 20.8. The summed E-state index contributed by atoms with van der Waals surface area (Å²) in [5.41, 5.74) is 5.25. The van der Waals surface area contributed by atoms with Crippen molar-refractivity contribution in [2.75, 3.05) is 82.1 Å². The average Bonchev–Trinajstić information content (AvgIpc) is 3.68. The van der Waals surface area contributed by atoms with Crippen LogP contribution in [0.1, 0.15) is 118 Å². The molecule has 0 bridgehead atoms. The molecule has 0 aliphatic carbocycles. The van der Waals surface area contributed by atoms with Crippen LogP contribution in [0.25, 0.3) is 0 Å². The van der Waals surface area contributed by atoms with Crippen molar-refractivity contribution < 1.29 is 19.3 Å². The van der Waals surface area contributed by atoms with Gasteiger partial charge in [0.1, 0.15) is 0 Å². The van der Waals surface area contributed by atoms with Gasteiger partial charge < -0.3 is 5.73 Å². The molecule has 3 atom stereocenters. The lowest BCUT2D eigenvalue weighted by Crippen LogP contribution is -2.34. The smallest absolute Gasteiger partial charge is 0.221 e. The summed E-state index contributed by atoms with van der Waals surface area (Å²) in [4.78, 5) is 28.0. The van der Waals surface area contributed by atoms with Gasteiger partial charge in [-0.15, -0.1) is 0 Å². The van der Waals surface area contributed by atoms with Crippen molar-refractivity contribution in [2.45, 2.75) is 118 Å². The minimum atomic E-state index is -0.200. The minimum absolute atomic E-state index is 0.0138. The number of rotatable bonds is 22. The maximum absolute atomic E-state index is 10.9. The summed E-state index contributed by atoms with van der Waals surface area (Å²) in [5.74, 6) is 6.50. The summed E-state index contributed by atoms with van der Waals surface area (Å²) in [5, 5.41) is 6.18. The van der Waals surface area contributed by atoms with Crippen LogP contribution in [0, 0.1) is 17.8 Å². The second kappa shape index (κ2) is 30.0. The summed E-state index contributed by atoms with van der Waals surface area (Å²) >= 11 is 4.08. The second-order valence-corrected chi connectivity index (χ2v) is 15.5. The number of primary amides is 1. The van der Waals surface area contributed by atoms with Crippen molar-refractivity contribution in [2.24, 2.45) is 23.5 Å². The van der Waals surface area contributed by atoms with E-state index in [1.807, 2.05) is 28.6 Å². The van der Waals surface area contributed by atoms with Crippen LogP contribution in [0.3, 0.4) is 0 Å². The van der Waals surface area contributed by atoms with Crippen molar-refractivity contribution in [3.8, 4) is 0 Å². The van der Waals surface area contributed by atoms with E-state index in [9.17, 15) is 4.79 Å². The third-order valence-electron chi connectivity index (χ3n) is 8.19. The maximum atomic E-state index is 10.9. The van der Waals surface area contributed by atoms with Gasteiger partial charge in [-0.3, -0.25) is 19.3 Å². The third-order valence-corrected chi connectivity index (χ3v) is 10.7. The van der Waals surface area contributed by atoms with Crippen LogP contribution in [0.4, 0.5) is 0 Å². The Morgan fingerprint density at radius 3 is 1.64 bits per heavy atom. The minimum Gasteiger partial charge on any atom is -0.369 e. The molecule has 3 unspecified atom stereocenters. The zero-order valence-corrected chi connectivity index (χ0v) is 31.6. The molecule has 3 aliphatic rings. The first kappa shape index (κ1) is 43.0. The molecule has 0 radical (unpaired) electrons. The second-order valence-electron chi connectivity index (χ2n) is 13.0. The Labute approximate surface area is 286 Å². The first-order valence-electron chi connectivity index (χ1n) is 18.5. The number of amides is 1. The predicted molar refractivity (Wildman–Crippen MR) is 195 cm³/mol. The van der Waals surface area contributed by atoms with Crippen molar-refractivity contribution in [1.82, 2.24) is 15.2 Å². The molecule has 0 saturated carbocycles. The van der Waals surface area contributed by atoms with E-state index in [1.54, 1.807) is 0 Å². The Balaban J connectivity index is 0.000000338. The quantitative estimate of drug-likeness (QED) is 0.116. The Morgan fingerprint density at radius 1 is 0.622 bits per heavy atom. The Morgan fingerprint density at radius 2 is 1.13 bits per heavy atom. The highest BCUT2D eigenvalue weighted by Crippen LogP contribution is 2.18. The average molecular weight is 677 g/mol. The molecule has 3 fully saturated rings. The number of hydrogen-bond donors (Lipinski definition) is 1. The molecule has 0 aromatic carbocycles. The van der Waals surface area contributed by atoms with Gasteiger partial charge in [0.2, 0.25) is 5.91 Å². The number of piperidine rings is 1. The number of carbonyl (C=O) groups excluding carboxylic acids is 1. The van der Waals surface area contributed by atoms with Crippen molar-refractivity contribution in [1.29, 1.82) is 0 Å². The molecule has 0 spiro atoms. The SMILES string of the molecule is CCCCCCCON1CCC(C(N)=O)C1.CCCSCCCON1CCC(C)C1.CCCSCCCON1CCCC(C)C1. The molecule has 10 heteroatoms. The molecule has 3 heterocycles. The summed E-state index contributed by atoms with van der Waals surface area (Å²) < 4.78 is 0. The lowest BCUT2D eigenvalue weighted by atomic mass is 10.0. The van der Waals surface area contributed by atoms with Crippen LogP contribution in [0.5, 0.6) is 0 Å². The molecule has 1 amide bonds. The number of nitrogens with two attached hydrogens (primary N) is 1. The predicted octanol–water partition coefficient (Wildman–Crippen LogP) is 7.67. The van der Waals surface area contributed by atoms with E-state index in [0.29, 0.717) is 6.54 Å². The van der Waals surface area contributed by atoms with E-state index in [-0.39, 0.29) is 11.8 Å². The van der Waals surface area contributed by atoms with E-state index in [4.69, 9.17) is 20.2 Å². The highest BCUT2D eigenvalue weighted by atomic mass is 32.2. The van der Waals surface area contributed by atoms with Crippen molar-refractivity contribution in [3.05, 3.63) is 0 Å². The zero-order valence-electron chi connectivity index (χ0n) is 30.0. The standard InChI is InChI=1S/C12H24N2O2.C12H25NOS.C11H23NOS/c1-2-3-4-5-6-9-16-14-8-7-11(10-14)12(13)15;1-3-9-15-10-5-8-14-13-7-4-6-12(2)11-13;1-3-8-14-9-4-7-13-12-6-5-11(2)10-12/h11H,2-10H2,1H3,(H2,13,15);12H,3-11H2,1-2H3;11H,3-10H2,1-2H3. The van der Waals surface area contributed by atoms with Gasteiger partial charge >= 0.3 is 0 Å². The number of nitrogens with zero attached hydrogens (tertiary/aromatic N) is 3. The van der Waals surface area contributed by atoms with Crippen LogP contribution in [0.2, 0.25) is 0 Å². The van der Waals surface area contributed by atoms with Gasteiger partial charge in [0.25, 0.3) is 0 Å². The number of thioether (sulfide) groups is 2. The van der Waals surface area contributed by atoms with Crippen molar-refractivity contribution in [3.63, 3.8) is 0 Å². The Bertz CT molecular complexity index is 682. The fourth-order valence-corrected chi connectivity index (χ4v) is 7.08. The number of hydroxylamine groups is 6. The fraction of sp³-hybridized carbons (Fsp3) is 0.971. The largest absolute Gasteiger partial charge is 0.369 e. The third kappa shape index (κ3) is 24.7. The summed E-state index contributed by atoms with van der Waals surface area (Å²) in [6, 6.07) is 0. The highest BCUT2D eigenvalue weighted by molar-refractivity contribution is 7.99. The monoisotopic (exact) mass is 676 g/mol. The molecule has 2 N–H and O–H groups in total. The lowest BCUT2D eigenvalue weighted by molar-refractivity contribution is -0.176. The van der Waals surface area contributed by atoms with Crippen LogP contribution < -0.4 is 5.73 Å². The molecular weight excluding hydrogens is 605 g/mol. The van der Waals surface area contributed by atoms with E-state index >= 15 is 0 Å². The van der Waals surface area contributed by atoms with Crippen LogP contribution in [0.15, 0.2) is 0 Å². The van der Waals surface area contributed by atoms with Crippen LogP contribution >= 0.6 is 23.5 Å². The van der Waals surface area contributed by atoms with Gasteiger partial charge in [0.05, 0.1) is 25.7 Å². The first-order chi connectivity index (χ1) is 21.9. The van der Waals surface area contributed by atoms with Gasteiger partial charge in [0.15, 0.2) is 0 Å². The molecule has 268 valence electrons. The Kier molecular flexibility index (Phi) is 28.7. The molecule has 3 rings (SSSR count). The topological polar surface area (TPSA) is 80.5 Å². The van der Waals surface area contributed by atoms with E-state index in [1.165, 1.54) is 93.6 Å². The highest BCUT2D eigenvalue weighted by Gasteiger charge is 2.27. The summed E-state index contributed by atoms with van der Waals surface area (Å²) in [7, 11) is 0. The molecular formula is C35H72N4O4S2. The van der Waals surface area contributed by atoms with Gasteiger partial charge in [-0.1, -0.05) is 60.3 Å². The summed E-state index contributed by atoms with van der Waals surface area (Å²) in [6.07, 6.45) is 16.0. The normalized spacial score (nSPS) is 22.6. The molecule has 0 aromatic heterocycles. The van der Waals surface area contributed by atoms with Gasteiger partial charge in [-0.2, -0.15) is 38.7 Å². The van der Waals surface area contributed by atoms with E-state index < -0.39 is 0 Å². The molecule has 45 heavy (non-hydrogen) atoms. The number of unbranched alkanes of at least 4 members (excludes halogenated alkanes) is 4. The van der Waals surface area contributed by atoms with E-state index in [2.05, 4.69) is 44.7 Å². The fourth-order valence-electron chi connectivity index (χ4n) is 5.45. The summed E-state index contributed by atoms with van der Waals surface area (Å²) in [6.45, 7) is 19.9. The van der Waals surface area contributed by atoms with Crippen LogP contribution in [-0.4, -0.2) is 103 Å². The molecule has 3 aliphatic heterocycles. The van der Waals surface area contributed by atoms with E-state index in [0.717, 1.165) is 77.2 Å². The lowest BCUT2D eigenvalue weighted by Gasteiger charge is -2.29. The Hall–Kier alpha value is -0.0700. The maximum Gasteiger partial charge on any atom is 0.221 e. The molecule has 3 saturated heterocycles. The number of carbonyl (C=O) groups is 1. The zero-order chi connectivity index (χ0) is 33.0. The van der Waals surface area contributed by atoms with Crippen LogP contribution in [-0.2, 0) is 19.3 Å². The molecule has 0 aromatic rings. The van der Waals surface area contributed by atoms with Gasteiger partial charge in [0, 0.05) is 39.3 Å². The van der Waals surface area contributed by atoms with Crippen molar-refractivity contribution >= 4 is 29.4 Å². The van der Waals surface area contributed by atoms with Gasteiger partial charge in [-0.05, 0) is 92.6 Å². The number of hydrogen-bond acceptors (Lipinski definition) is 9.